The second-order valence-electron chi connectivity index (χ2n) is 2.16. The predicted octanol–water partition coefficient (Wildman–Crippen LogP) is 0.0859. The number of nitrogen functional groups attached to an aromatic ring is 1. The van der Waals surface area contributed by atoms with Crippen molar-refractivity contribution in [3.8, 4) is 17.9 Å². The lowest BCUT2D eigenvalue weighted by atomic mass is 10.2. The zero-order valence-electron chi connectivity index (χ0n) is 6.61. The van der Waals surface area contributed by atoms with Crippen LogP contribution in [0.4, 0.5) is 5.82 Å². The van der Waals surface area contributed by atoms with Gasteiger partial charge in [-0.15, -0.1) is 0 Å². The lowest BCUT2D eigenvalue weighted by molar-refractivity contribution is -0.103. The van der Waals surface area contributed by atoms with E-state index in [9.17, 15) is 4.79 Å². The first-order valence-electron chi connectivity index (χ1n) is 3.38. The molecule has 0 spiro atoms. The summed E-state index contributed by atoms with van der Waals surface area (Å²) in [6.07, 6.45) is 1.88. The van der Waals surface area contributed by atoms with Crippen LogP contribution in [-0.4, -0.2) is 11.3 Å². The van der Waals surface area contributed by atoms with E-state index in [-0.39, 0.29) is 11.4 Å². The number of hydrogen-bond donors (Lipinski definition) is 1. The molecule has 0 aliphatic rings. The number of carbonyl (C=O) groups excluding carboxylic acids is 1. The van der Waals surface area contributed by atoms with Crippen LogP contribution in [0.1, 0.15) is 11.1 Å². The number of nitrogens with zero attached hydrogens (tertiary/aromatic N) is 2. The fraction of sp³-hybridized carbons (Fsp3) is 0. The monoisotopic (exact) mass is 171 g/mol. The van der Waals surface area contributed by atoms with E-state index in [2.05, 4.69) is 16.8 Å². The first kappa shape index (κ1) is 8.76. The standard InChI is InChI=1S/C9H5N3O/c10-5-8-4-7(2-1-3-13)6-12-9(8)11/h3-4,6H,(H2,11,12). The summed E-state index contributed by atoms with van der Waals surface area (Å²) in [6, 6.07) is 3.35. The van der Waals surface area contributed by atoms with Gasteiger partial charge in [0.1, 0.15) is 11.9 Å². The Labute approximate surface area is 75.0 Å². The van der Waals surface area contributed by atoms with Gasteiger partial charge >= 0.3 is 0 Å². The molecule has 0 atom stereocenters. The molecule has 0 saturated heterocycles. The highest BCUT2D eigenvalue weighted by Gasteiger charge is 1.98. The molecule has 0 bridgehead atoms. The molecule has 0 aliphatic carbocycles. The maximum Gasteiger partial charge on any atom is 0.193 e. The molecule has 0 aromatic carbocycles. The van der Waals surface area contributed by atoms with Gasteiger partial charge in [-0.2, -0.15) is 5.26 Å². The van der Waals surface area contributed by atoms with Gasteiger partial charge in [0.15, 0.2) is 6.29 Å². The van der Waals surface area contributed by atoms with Gasteiger partial charge in [0.25, 0.3) is 0 Å². The minimum atomic E-state index is 0.166. The largest absolute Gasteiger partial charge is 0.383 e. The van der Waals surface area contributed by atoms with E-state index in [0.29, 0.717) is 11.8 Å². The third-order valence-electron chi connectivity index (χ3n) is 1.31. The van der Waals surface area contributed by atoms with Gasteiger partial charge < -0.3 is 5.73 Å². The van der Waals surface area contributed by atoms with Crippen molar-refractivity contribution in [2.75, 3.05) is 5.73 Å². The number of carbonyl (C=O) groups is 1. The van der Waals surface area contributed by atoms with Crippen molar-refractivity contribution in [3.05, 3.63) is 23.4 Å². The summed E-state index contributed by atoms with van der Waals surface area (Å²) < 4.78 is 0. The highest BCUT2D eigenvalue weighted by Crippen LogP contribution is 2.07. The molecule has 0 unspecified atom stereocenters. The highest BCUT2D eigenvalue weighted by molar-refractivity contribution is 5.74. The zero-order chi connectivity index (χ0) is 9.68. The van der Waals surface area contributed by atoms with Crippen LogP contribution in [0.3, 0.4) is 0 Å². The van der Waals surface area contributed by atoms with Crippen molar-refractivity contribution < 1.29 is 4.79 Å². The average molecular weight is 171 g/mol. The Morgan fingerprint density at radius 2 is 2.38 bits per heavy atom. The fourth-order valence-electron chi connectivity index (χ4n) is 0.746. The van der Waals surface area contributed by atoms with Crippen LogP contribution in [0.5, 0.6) is 0 Å². The number of pyridine rings is 1. The van der Waals surface area contributed by atoms with Crippen LogP contribution in [0.15, 0.2) is 12.3 Å². The molecular formula is C9H5N3O. The summed E-state index contributed by atoms with van der Waals surface area (Å²) in [4.78, 5) is 13.7. The molecule has 1 rings (SSSR count). The molecule has 62 valence electrons. The Kier molecular flexibility index (Phi) is 2.62. The smallest absolute Gasteiger partial charge is 0.193 e. The van der Waals surface area contributed by atoms with Crippen molar-refractivity contribution in [2.24, 2.45) is 0 Å². The maximum absolute atomic E-state index is 9.92. The maximum atomic E-state index is 9.92. The van der Waals surface area contributed by atoms with E-state index < -0.39 is 0 Å². The third-order valence-corrected chi connectivity index (χ3v) is 1.31. The summed E-state index contributed by atoms with van der Waals surface area (Å²) >= 11 is 0. The summed E-state index contributed by atoms with van der Waals surface area (Å²) in [5.41, 5.74) is 6.14. The quantitative estimate of drug-likeness (QED) is 0.443. The van der Waals surface area contributed by atoms with Gasteiger partial charge in [0, 0.05) is 11.8 Å². The molecule has 0 aliphatic heterocycles. The van der Waals surface area contributed by atoms with Crippen molar-refractivity contribution in [1.82, 2.24) is 4.98 Å². The van der Waals surface area contributed by atoms with E-state index in [0.717, 1.165) is 0 Å². The molecule has 0 fully saturated rings. The minimum Gasteiger partial charge on any atom is -0.383 e. The summed E-state index contributed by atoms with van der Waals surface area (Å²) in [6.45, 7) is 0. The Balaban J connectivity index is 3.15. The number of anilines is 1. The average Bonchev–Trinajstić information content (AvgIpc) is 2.16. The highest BCUT2D eigenvalue weighted by atomic mass is 16.1. The van der Waals surface area contributed by atoms with Crippen molar-refractivity contribution >= 4 is 12.1 Å². The predicted molar refractivity (Wildman–Crippen MR) is 46.3 cm³/mol. The van der Waals surface area contributed by atoms with E-state index in [1.165, 1.54) is 12.3 Å². The van der Waals surface area contributed by atoms with Crippen LogP contribution < -0.4 is 5.73 Å². The normalized spacial score (nSPS) is 7.92. The molecule has 4 nitrogen and oxygen atoms in total. The molecule has 1 aromatic rings. The Bertz CT molecular complexity index is 434. The second-order valence-corrected chi connectivity index (χ2v) is 2.16. The van der Waals surface area contributed by atoms with Gasteiger partial charge in [-0.1, -0.05) is 5.92 Å². The van der Waals surface area contributed by atoms with Crippen molar-refractivity contribution in [3.63, 3.8) is 0 Å². The molecule has 2 N–H and O–H groups in total. The lowest BCUT2D eigenvalue weighted by Gasteiger charge is -1.94. The Hall–Kier alpha value is -2.33. The molecule has 0 saturated carbocycles. The van der Waals surface area contributed by atoms with E-state index >= 15 is 0 Å². The Morgan fingerprint density at radius 3 is 3.00 bits per heavy atom. The number of nitriles is 1. The fourth-order valence-corrected chi connectivity index (χ4v) is 0.746. The van der Waals surface area contributed by atoms with Crippen molar-refractivity contribution in [2.45, 2.75) is 0 Å². The van der Waals surface area contributed by atoms with Crippen LogP contribution >= 0.6 is 0 Å². The molecule has 13 heavy (non-hydrogen) atoms. The SMILES string of the molecule is N#Cc1cc(C#CC=O)cnc1N. The number of hydrogen-bond acceptors (Lipinski definition) is 4. The topological polar surface area (TPSA) is 79.8 Å². The number of nitrogens with two attached hydrogens (primary N) is 1. The van der Waals surface area contributed by atoms with Crippen LogP contribution in [0.2, 0.25) is 0 Å². The van der Waals surface area contributed by atoms with E-state index in [1.807, 2.05) is 6.07 Å². The molecule has 4 heteroatoms. The van der Waals surface area contributed by atoms with Crippen LogP contribution in [-0.2, 0) is 4.79 Å². The third kappa shape index (κ3) is 2.05. The summed E-state index contributed by atoms with van der Waals surface area (Å²) in [5.74, 6) is 4.89. The summed E-state index contributed by atoms with van der Waals surface area (Å²) in [7, 11) is 0. The molecule has 0 amide bonds. The van der Waals surface area contributed by atoms with Gasteiger partial charge in [-0.25, -0.2) is 4.98 Å². The molecule has 1 heterocycles. The van der Waals surface area contributed by atoms with E-state index in [1.54, 1.807) is 0 Å². The molecule has 1 aromatic heterocycles. The first-order chi connectivity index (χ1) is 6.27. The van der Waals surface area contributed by atoms with Crippen LogP contribution in [0.25, 0.3) is 0 Å². The van der Waals surface area contributed by atoms with Crippen LogP contribution in [0, 0.1) is 23.2 Å². The zero-order valence-corrected chi connectivity index (χ0v) is 6.61. The second kappa shape index (κ2) is 3.89. The molecule has 0 radical (unpaired) electrons. The molecular weight excluding hydrogens is 166 g/mol. The minimum absolute atomic E-state index is 0.166. The van der Waals surface area contributed by atoms with Gasteiger partial charge in [-0.05, 0) is 12.0 Å². The van der Waals surface area contributed by atoms with Crippen molar-refractivity contribution in [1.29, 1.82) is 5.26 Å². The number of aromatic nitrogens is 1. The number of rotatable bonds is 0. The Morgan fingerprint density at radius 1 is 1.62 bits per heavy atom. The first-order valence-corrected chi connectivity index (χ1v) is 3.38. The van der Waals surface area contributed by atoms with Gasteiger partial charge in [0.05, 0.1) is 5.56 Å². The number of aldehydes is 1. The lowest BCUT2D eigenvalue weighted by Crippen LogP contribution is -1.94. The van der Waals surface area contributed by atoms with Gasteiger partial charge in [-0.3, -0.25) is 4.79 Å². The van der Waals surface area contributed by atoms with Gasteiger partial charge in [0.2, 0.25) is 0 Å². The van der Waals surface area contributed by atoms with E-state index in [4.69, 9.17) is 11.0 Å². The summed E-state index contributed by atoms with van der Waals surface area (Å²) in [5, 5.41) is 8.58.